The van der Waals surface area contributed by atoms with Crippen molar-refractivity contribution in [2.75, 3.05) is 6.54 Å². The Labute approximate surface area is 149 Å². The van der Waals surface area contributed by atoms with Crippen molar-refractivity contribution in [3.63, 3.8) is 0 Å². The van der Waals surface area contributed by atoms with Crippen LogP contribution in [0.2, 0.25) is 0 Å². The Kier molecular flexibility index (Phi) is 4.58. The number of hydrogen-bond donors (Lipinski definition) is 0. The number of hydrogen-bond acceptors (Lipinski definition) is 5. The van der Waals surface area contributed by atoms with Crippen LogP contribution in [0.25, 0.3) is 0 Å². The highest BCUT2D eigenvalue weighted by Gasteiger charge is 2.49. The van der Waals surface area contributed by atoms with E-state index in [0.717, 1.165) is 12.0 Å². The van der Waals surface area contributed by atoms with Crippen LogP contribution in [0.15, 0.2) is 29.2 Å². The Hall–Kier alpha value is -1.60. The predicted octanol–water partition coefficient (Wildman–Crippen LogP) is 3.10. The first kappa shape index (κ1) is 18.2. The molecule has 2 aliphatic rings. The smallest absolute Gasteiger partial charge is 0.410 e. The Morgan fingerprint density at radius 2 is 1.80 bits per heavy atom. The van der Waals surface area contributed by atoms with Crippen LogP contribution in [-0.2, 0) is 19.0 Å². The van der Waals surface area contributed by atoms with E-state index in [2.05, 4.69) is 0 Å². The predicted molar refractivity (Wildman–Crippen MR) is 92.7 cm³/mol. The molecule has 1 aromatic carbocycles. The highest BCUT2D eigenvalue weighted by Crippen LogP contribution is 2.41. The van der Waals surface area contributed by atoms with Crippen LogP contribution in [-0.4, -0.2) is 43.7 Å². The molecule has 25 heavy (non-hydrogen) atoms. The molecule has 0 N–H and O–H groups in total. The third-order valence-electron chi connectivity index (χ3n) is 4.66. The van der Waals surface area contributed by atoms with Crippen molar-refractivity contribution in [3.8, 4) is 0 Å². The van der Waals surface area contributed by atoms with Gasteiger partial charge in [0.25, 0.3) is 10.1 Å². The van der Waals surface area contributed by atoms with Crippen LogP contribution in [0.1, 0.15) is 39.2 Å². The van der Waals surface area contributed by atoms with Crippen LogP contribution >= 0.6 is 0 Å². The van der Waals surface area contributed by atoms with Gasteiger partial charge in [-0.3, -0.25) is 4.18 Å². The topological polar surface area (TPSA) is 72.9 Å². The zero-order valence-corrected chi connectivity index (χ0v) is 15.9. The molecule has 3 rings (SSSR count). The van der Waals surface area contributed by atoms with Gasteiger partial charge in [-0.25, -0.2) is 4.79 Å². The standard InChI is InChI=1S/C18H25NO5S/c1-12-5-7-15(8-6-12)25(21,22)24-16-10-14-9-13(16)11-19(14)17(20)23-18(2,3)4/h5-8,13-14,16H,9-11H2,1-4H3. The van der Waals surface area contributed by atoms with E-state index >= 15 is 0 Å². The largest absolute Gasteiger partial charge is 0.444 e. The van der Waals surface area contributed by atoms with Crippen LogP contribution in [0.5, 0.6) is 0 Å². The molecular weight excluding hydrogens is 342 g/mol. The average molecular weight is 367 g/mol. The molecule has 1 heterocycles. The second kappa shape index (κ2) is 6.29. The van der Waals surface area contributed by atoms with Crippen LogP contribution in [0, 0.1) is 12.8 Å². The lowest BCUT2D eigenvalue weighted by Gasteiger charge is -2.32. The lowest BCUT2D eigenvalue weighted by atomic mass is 10.1. The monoisotopic (exact) mass is 367 g/mol. The van der Waals surface area contributed by atoms with Gasteiger partial charge in [-0.05, 0) is 52.7 Å². The Balaban J connectivity index is 1.63. The Bertz CT molecular complexity index is 751. The van der Waals surface area contributed by atoms with Crippen molar-refractivity contribution >= 4 is 16.2 Å². The van der Waals surface area contributed by atoms with E-state index in [-0.39, 0.29) is 29.1 Å². The second-order valence-electron chi connectivity index (χ2n) is 7.92. The fourth-order valence-electron chi connectivity index (χ4n) is 3.49. The molecular formula is C18H25NO5S. The van der Waals surface area contributed by atoms with Crippen molar-refractivity contribution in [1.29, 1.82) is 0 Å². The van der Waals surface area contributed by atoms with Gasteiger partial charge in [0.15, 0.2) is 0 Å². The van der Waals surface area contributed by atoms with E-state index in [1.165, 1.54) is 0 Å². The molecule has 0 radical (unpaired) electrons. The van der Waals surface area contributed by atoms with Gasteiger partial charge in [0.05, 0.1) is 11.0 Å². The van der Waals surface area contributed by atoms with Crippen LogP contribution in [0.4, 0.5) is 4.79 Å². The highest BCUT2D eigenvalue weighted by atomic mass is 32.2. The molecule has 2 bridgehead atoms. The minimum atomic E-state index is -3.78. The maximum absolute atomic E-state index is 12.5. The van der Waals surface area contributed by atoms with Gasteiger partial charge in [-0.15, -0.1) is 0 Å². The van der Waals surface area contributed by atoms with Crippen molar-refractivity contribution < 1.29 is 22.1 Å². The molecule has 138 valence electrons. The summed E-state index contributed by atoms with van der Waals surface area (Å²) in [6, 6.07) is 6.61. The number of aryl methyl sites for hydroxylation is 1. The molecule has 0 spiro atoms. The number of carbonyl (C=O) groups excluding carboxylic acids is 1. The normalized spacial score (nSPS) is 26.1. The number of rotatable bonds is 3. The molecule has 0 aromatic heterocycles. The number of piperidine rings is 1. The maximum atomic E-state index is 12.5. The van der Waals surface area contributed by atoms with Gasteiger partial charge < -0.3 is 9.64 Å². The van der Waals surface area contributed by atoms with Gasteiger partial charge in [-0.2, -0.15) is 8.42 Å². The molecule has 1 amide bonds. The summed E-state index contributed by atoms with van der Waals surface area (Å²) in [5.74, 6) is 0.0257. The SMILES string of the molecule is Cc1ccc(S(=O)(=O)OC2CC3CC2CN3C(=O)OC(C)(C)C)cc1. The fourth-order valence-corrected chi connectivity index (χ4v) is 4.63. The second-order valence-corrected chi connectivity index (χ2v) is 9.49. The molecule has 1 aromatic rings. The van der Waals surface area contributed by atoms with Crippen molar-refractivity contribution in [2.45, 2.75) is 63.2 Å². The van der Waals surface area contributed by atoms with Gasteiger partial charge in [0, 0.05) is 18.5 Å². The molecule has 1 saturated carbocycles. The summed E-state index contributed by atoms with van der Waals surface area (Å²) in [4.78, 5) is 14.1. The third-order valence-corrected chi connectivity index (χ3v) is 6.01. The summed E-state index contributed by atoms with van der Waals surface area (Å²) in [6.45, 7) is 7.88. The van der Waals surface area contributed by atoms with Crippen molar-refractivity contribution in [2.24, 2.45) is 5.92 Å². The van der Waals surface area contributed by atoms with E-state index in [0.29, 0.717) is 13.0 Å². The van der Waals surface area contributed by atoms with E-state index in [1.54, 1.807) is 29.2 Å². The lowest BCUT2D eigenvalue weighted by molar-refractivity contribution is 0.0112. The molecule has 1 aliphatic heterocycles. The fraction of sp³-hybridized carbons (Fsp3) is 0.611. The number of nitrogens with zero attached hydrogens (tertiary/aromatic N) is 1. The van der Waals surface area contributed by atoms with Crippen LogP contribution < -0.4 is 0 Å². The molecule has 1 aliphatic carbocycles. The van der Waals surface area contributed by atoms with Crippen molar-refractivity contribution in [1.82, 2.24) is 4.90 Å². The summed E-state index contributed by atoms with van der Waals surface area (Å²) in [6.07, 6.45) is 0.567. The molecule has 2 fully saturated rings. The molecule has 6 nitrogen and oxygen atoms in total. The zero-order valence-electron chi connectivity index (χ0n) is 15.1. The number of ether oxygens (including phenoxy) is 1. The molecule has 7 heteroatoms. The average Bonchev–Trinajstić information content (AvgIpc) is 3.05. The first-order valence-electron chi connectivity index (χ1n) is 8.55. The number of fused-ring (bicyclic) bond motifs is 2. The van der Waals surface area contributed by atoms with E-state index < -0.39 is 15.7 Å². The summed E-state index contributed by atoms with van der Waals surface area (Å²) >= 11 is 0. The Morgan fingerprint density at radius 3 is 2.32 bits per heavy atom. The first-order chi connectivity index (χ1) is 11.5. The van der Waals surface area contributed by atoms with Gasteiger partial charge in [-0.1, -0.05) is 17.7 Å². The van der Waals surface area contributed by atoms with Crippen LogP contribution in [0.3, 0.4) is 0 Å². The third kappa shape index (κ3) is 3.98. The van der Waals surface area contributed by atoms with Gasteiger partial charge in [0.1, 0.15) is 5.60 Å². The molecule has 3 atom stereocenters. The number of benzene rings is 1. The van der Waals surface area contributed by atoms with E-state index in [9.17, 15) is 13.2 Å². The summed E-state index contributed by atoms with van der Waals surface area (Å²) < 4.78 is 35.8. The highest BCUT2D eigenvalue weighted by molar-refractivity contribution is 7.86. The number of amides is 1. The molecule has 1 saturated heterocycles. The van der Waals surface area contributed by atoms with Crippen molar-refractivity contribution in [3.05, 3.63) is 29.8 Å². The lowest BCUT2D eigenvalue weighted by Crippen LogP contribution is -2.45. The van der Waals surface area contributed by atoms with Gasteiger partial charge >= 0.3 is 6.09 Å². The summed E-state index contributed by atoms with van der Waals surface area (Å²) in [7, 11) is -3.78. The van der Waals surface area contributed by atoms with Gasteiger partial charge in [0.2, 0.25) is 0 Å². The van der Waals surface area contributed by atoms with E-state index in [1.807, 2.05) is 27.7 Å². The Morgan fingerprint density at radius 1 is 1.16 bits per heavy atom. The number of carbonyl (C=O) groups is 1. The maximum Gasteiger partial charge on any atom is 0.410 e. The van der Waals surface area contributed by atoms with E-state index in [4.69, 9.17) is 8.92 Å². The minimum Gasteiger partial charge on any atom is -0.444 e. The zero-order chi connectivity index (χ0) is 18.4. The quantitative estimate of drug-likeness (QED) is 0.768. The summed E-state index contributed by atoms with van der Waals surface area (Å²) in [5, 5.41) is 0. The number of likely N-dealkylation sites (tertiary alicyclic amines) is 1. The molecule has 3 unspecified atom stereocenters. The first-order valence-corrected chi connectivity index (χ1v) is 9.95. The summed E-state index contributed by atoms with van der Waals surface area (Å²) in [5.41, 5.74) is 0.454. The minimum absolute atomic E-state index is 0.0157.